The van der Waals surface area contributed by atoms with E-state index < -0.39 is 0 Å². The van der Waals surface area contributed by atoms with Crippen LogP contribution in [0.15, 0.2) is 30.6 Å². The van der Waals surface area contributed by atoms with Gasteiger partial charge in [-0.05, 0) is 17.7 Å². The molecule has 5 nitrogen and oxygen atoms in total. The fourth-order valence-corrected chi connectivity index (χ4v) is 1.72. The van der Waals surface area contributed by atoms with Crippen molar-refractivity contribution >= 4 is 0 Å². The van der Waals surface area contributed by atoms with E-state index in [-0.39, 0.29) is 0 Å². The SMILES string of the molecule is COc1ccc(CNCc2cn[nH]c2)cc1OC. The number of methoxy groups -OCH3 is 2. The second-order valence-electron chi connectivity index (χ2n) is 3.90. The lowest BCUT2D eigenvalue weighted by Gasteiger charge is -2.10. The Kier molecular flexibility index (Phi) is 4.20. The summed E-state index contributed by atoms with van der Waals surface area (Å²) in [5.41, 5.74) is 2.28. The molecule has 96 valence electrons. The fourth-order valence-electron chi connectivity index (χ4n) is 1.72. The van der Waals surface area contributed by atoms with Crippen molar-refractivity contribution in [3.05, 3.63) is 41.7 Å². The monoisotopic (exact) mass is 247 g/mol. The molecule has 0 bridgehead atoms. The van der Waals surface area contributed by atoms with Gasteiger partial charge in [0.15, 0.2) is 11.5 Å². The van der Waals surface area contributed by atoms with Crippen LogP contribution in [0.4, 0.5) is 0 Å². The minimum Gasteiger partial charge on any atom is -0.493 e. The van der Waals surface area contributed by atoms with Crippen LogP contribution in [0, 0.1) is 0 Å². The molecule has 2 aromatic rings. The Balaban J connectivity index is 1.93. The van der Waals surface area contributed by atoms with E-state index in [1.165, 1.54) is 0 Å². The van der Waals surface area contributed by atoms with Crippen molar-refractivity contribution in [3.8, 4) is 11.5 Å². The van der Waals surface area contributed by atoms with Crippen molar-refractivity contribution in [2.75, 3.05) is 14.2 Å². The van der Waals surface area contributed by atoms with Crippen LogP contribution < -0.4 is 14.8 Å². The Morgan fingerprint density at radius 2 is 1.89 bits per heavy atom. The first-order valence-corrected chi connectivity index (χ1v) is 5.72. The zero-order chi connectivity index (χ0) is 12.8. The van der Waals surface area contributed by atoms with Gasteiger partial charge in [0.2, 0.25) is 0 Å². The number of nitrogens with zero attached hydrogens (tertiary/aromatic N) is 1. The van der Waals surface area contributed by atoms with E-state index in [9.17, 15) is 0 Å². The number of aromatic nitrogens is 2. The first-order chi connectivity index (χ1) is 8.83. The molecule has 2 N–H and O–H groups in total. The molecular weight excluding hydrogens is 230 g/mol. The van der Waals surface area contributed by atoms with Gasteiger partial charge in [-0.3, -0.25) is 5.10 Å². The van der Waals surface area contributed by atoms with Crippen LogP contribution in [0.1, 0.15) is 11.1 Å². The molecule has 0 unspecified atom stereocenters. The fraction of sp³-hybridized carbons (Fsp3) is 0.308. The molecule has 0 radical (unpaired) electrons. The van der Waals surface area contributed by atoms with Gasteiger partial charge in [0, 0.05) is 24.8 Å². The minimum atomic E-state index is 0.746. The van der Waals surface area contributed by atoms with Crippen molar-refractivity contribution in [2.24, 2.45) is 0 Å². The molecule has 0 spiro atoms. The number of hydrogen-bond acceptors (Lipinski definition) is 4. The van der Waals surface area contributed by atoms with Gasteiger partial charge in [-0.1, -0.05) is 6.07 Å². The first kappa shape index (κ1) is 12.4. The summed E-state index contributed by atoms with van der Waals surface area (Å²) in [6.07, 6.45) is 3.68. The van der Waals surface area contributed by atoms with Crippen LogP contribution in [0.25, 0.3) is 0 Å². The van der Waals surface area contributed by atoms with Crippen molar-refractivity contribution in [1.29, 1.82) is 0 Å². The highest BCUT2D eigenvalue weighted by atomic mass is 16.5. The molecule has 0 atom stereocenters. The number of nitrogens with one attached hydrogen (secondary N) is 2. The third-order valence-electron chi connectivity index (χ3n) is 2.66. The highest BCUT2D eigenvalue weighted by molar-refractivity contribution is 5.42. The summed E-state index contributed by atoms with van der Waals surface area (Å²) in [4.78, 5) is 0. The van der Waals surface area contributed by atoms with Crippen LogP contribution in [-0.2, 0) is 13.1 Å². The average molecular weight is 247 g/mol. The molecule has 0 saturated carbocycles. The number of rotatable bonds is 6. The van der Waals surface area contributed by atoms with E-state index in [1.807, 2.05) is 30.6 Å². The maximum absolute atomic E-state index is 5.26. The van der Waals surface area contributed by atoms with E-state index in [0.29, 0.717) is 0 Å². The van der Waals surface area contributed by atoms with Crippen LogP contribution in [0.2, 0.25) is 0 Å². The molecular formula is C13H17N3O2. The van der Waals surface area contributed by atoms with Gasteiger partial charge in [-0.2, -0.15) is 5.10 Å². The zero-order valence-corrected chi connectivity index (χ0v) is 10.6. The summed E-state index contributed by atoms with van der Waals surface area (Å²) in [6.45, 7) is 1.55. The number of benzene rings is 1. The first-order valence-electron chi connectivity index (χ1n) is 5.72. The second-order valence-corrected chi connectivity index (χ2v) is 3.90. The molecule has 1 aromatic carbocycles. The molecule has 0 fully saturated rings. The van der Waals surface area contributed by atoms with Crippen LogP contribution >= 0.6 is 0 Å². The van der Waals surface area contributed by atoms with Gasteiger partial charge in [-0.25, -0.2) is 0 Å². The number of hydrogen-bond donors (Lipinski definition) is 2. The second kappa shape index (κ2) is 6.07. The molecule has 2 rings (SSSR count). The topological polar surface area (TPSA) is 59.2 Å². The van der Waals surface area contributed by atoms with Crippen molar-refractivity contribution in [1.82, 2.24) is 15.5 Å². The highest BCUT2D eigenvalue weighted by Gasteiger charge is 2.04. The molecule has 0 aliphatic heterocycles. The molecule has 0 aliphatic rings. The maximum Gasteiger partial charge on any atom is 0.161 e. The van der Waals surface area contributed by atoms with Gasteiger partial charge in [0.25, 0.3) is 0 Å². The Morgan fingerprint density at radius 3 is 2.56 bits per heavy atom. The number of aromatic amines is 1. The molecule has 5 heteroatoms. The average Bonchev–Trinajstić information content (AvgIpc) is 2.91. The molecule has 0 amide bonds. The van der Waals surface area contributed by atoms with Crippen LogP contribution in [0.5, 0.6) is 11.5 Å². The van der Waals surface area contributed by atoms with E-state index >= 15 is 0 Å². The predicted octanol–water partition coefficient (Wildman–Crippen LogP) is 1.72. The maximum atomic E-state index is 5.26. The molecule has 1 aromatic heterocycles. The molecule has 1 heterocycles. The van der Waals surface area contributed by atoms with Gasteiger partial charge < -0.3 is 14.8 Å². The smallest absolute Gasteiger partial charge is 0.161 e. The zero-order valence-electron chi connectivity index (χ0n) is 10.6. The summed E-state index contributed by atoms with van der Waals surface area (Å²) in [6, 6.07) is 5.90. The third kappa shape index (κ3) is 3.01. The Morgan fingerprint density at radius 1 is 1.11 bits per heavy atom. The standard InChI is InChI=1S/C13H17N3O2/c1-17-12-4-3-10(5-13(12)18-2)6-14-7-11-8-15-16-9-11/h3-5,8-9,14H,6-7H2,1-2H3,(H,15,16). The molecule has 0 aliphatic carbocycles. The summed E-state index contributed by atoms with van der Waals surface area (Å²) in [7, 11) is 3.27. The van der Waals surface area contributed by atoms with Crippen LogP contribution in [0.3, 0.4) is 0 Å². The quantitative estimate of drug-likeness (QED) is 0.816. The summed E-state index contributed by atoms with van der Waals surface area (Å²) in [5, 5.41) is 10.0. The lowest BCUT2D eigenvalue weighted by atomic mass is 10.2. The van der Waals surface area contributed by atoms with E-state index in [0.717, 1.165) is 35.7 Å². The normalized spacial score (nSPS) is 10.3. The van der Waals surface area contributed by atoms with Gasteiger partial charge in [0.05, 0.1) is 20.4 Å². The van der Waals surface area contributed by atoms with E-state index in [2.05, 4.69) is 15.5 Å². The summed E-state index contributed by atoms with van der Waals surface area (Å²) < 4.78 is 10.5. The predicted molar refractivity (Wildman–Crippen MR) is 68.7 cm³/mol. The Bertz CT molecular complexity index is 483. The lowest BCUT2D eigenvalue weighted by molar-refractivity contribution is 0.354. The summed E-state index contributed by atoms with van der Waals surface area (Å²) in [5.74, 6) is 1.50. The van der Waals surface area contributed by atoms with Gasteiger partial charge in [0.1, 0.15) is 0 Å². The van der Waals surface area contributed by atoms with E-state index in [1.54, 1.807) is 14.2 Å². The number of H-pyrrole nitrogens is 1. The van der Waals surface area contributed by atoms with Crippen molar-refractivity contribution in [3.63, 3.8) is 0 Å². The van der Waals surface area contributed by atoms with Gasteiger partial charge in [-0.15, -0.1) is 0 Å². The minimum absolute atomic E-state index is 0.746. The number of ether oxygens (including phenoxy) is 2. The molecule has 0 saturated heterocycles. The van der Waals surface area contributed by atoms with Crippen molar-refractivity contribution < 1.29 is 9.47 Å². The summed E-state index contributed by atoms with van der Waals surface area (Å²) >= 11 is 0. The van der Waals surface area contributed by atoms with Crippen LogP contribution in [-0.4, -0.2) is 24.4 Å². The Hall–Kier alpha value is -2.01. The largest absolute Gasteiger partial charge is 0.493 e. The highest BCUT2D eigenvalue weighted by Crippen LogP contribution is 2.27. The molecule has 18 heavy (non-hydrogen) atoms. The van der Waals surface area contributed by atoms with E-state index in [4.69, 9.17) is 9.47 Å². The third-order valence-corrected chi connectivity index (χ3v) is 2.66. The Labute approximate surface area is 106 Å². The van der Waals surface area contributed by atoms with Crippen molar-refractivity contribution in [2.45, 2.75) is 13.1 Å². The van der Waals surface area contributed by atoms with Gasteiger partial charge >= 0.3 is 0 Å². The lowest BCUT2D eigenvalue weighted by Crippen LogP contribution is -2.12.